The highest BCUT2D eigenvalue weighted by Gasteiger charge is 2.30. The summed E-state index contributed by atoms with van der Waals surface area (Å²) in [5.41, 5.74) is 0.980. The van der Waals surface area contributed by atoms with Gasteiger partial charge >= 0.3 is 0 Å². The van der Waals surface area contributed by atoms with Gasteiger partial charge in [-0.3, -0.25) is 0 Å². The SMILES string of the molecule is COc1ccc2nc(NC3CCC(CNS(=O)(=O)C(C)(C)C)CC3)sc2c1. The summed E-state index contributed by atoms with van der Waals surface area (Å²) in [7, 11) is -1.60. The van der Waals surface area contributed by atoms with Crippen LogP contribution in [-0.2, 0) is 10.0 Å². The fourth-order valence-corrected chi connectivity index (χ4v) is 5.08. The van der Waals surface area contributed by atoms with Gasteiger partial charge in [0.05, 0.1) is 22.1 Å². The Morgan fingerprint density at radius 1 is 1.22 bits per heavy atom. The third-order valence-corrected chi connectivity index (χ3v) is 8.25. The monoisotopic (exact) mass is 411 g/mol. The van der Waals surface area contributed by atoms with Crippen LogP contribution in [0.25, 0.3) is 10.2 Å². The van der Waals surface area contributed by atoms with Gasteiger partial charge in [0, 0.05) is 12.6 Å². The molecule has 0 spiro atoms. The first kappa shape index (κ1) is 20.4. The summed E-state index contributed by atoms with van der Waals surface area (Å²) in [6.45, 7) is 5.71. The summed E-state index contributed by atoms with van der Waals surface area (Å²) in [5, 5.41) is 4.49. The summed E-state index contributed by atoms with van der Waals surface area (Å²) in [6, 6.07) is 6.31. The Bertz CT molecular complexity index is 879. The molecule has 6 nitrogen and oxygen atoms in total. The molecule has 1 fully saturated rings. The molecule has 1 saturated carbocycles. The summed E-state index contributed by atoms with van der Waals surface area (Å²) in [5.74, 6) is 1.25. The van der Waals surface area contributed by atoms with E-state index in [1.165, 1.54) is 0 Å². The van der Waals surface area contributed by atoms with Crippen LogP contribution in [0.5, 0.6) is 5.75 Å². The van der Waals surface area contributed by atoms with Gasteiger partial charge in [-0.25, -0.2) is 18.1 Å². The maximum absolute atomic E-state index is 12.2. The van der Waals surface area contributed by atoms with E-state index in [1.54, 1.807) is 39.2 Å². The Labute approximate surface area is 165 Å². The maximum Gasteiger partial charge on any atom is 0.216 e. The molecule has 1 aromatic heterocycles. The Morgan fingerprint density at radius 2 is 1.93 bits per heavy atom. The topological polar surface area (TPSA) is 80.3 Å². The number of nitrogens with zero attached hydrogens (tertiary/aromatic N) is 1. The smallest absolute Gasteiger partial charge is 0.216 e. The number of methoxy groups -OCH3 is 1. The van der Waals surface area contributed by atoms with Crippen LogP contribution in [0.1, 0.15) is 46.5 Å². The highest BCUT2D eigenvalue weighted by Crippen LogP contribution is 2.32. The third kappa shape index (κ3) is 4.92. The molecule has 0 radical (unpaired) electrons. The first-order valence-electron chi connectivity index (χ1n) is 9.38. The Balaban J connectivity index is 1.51. The van der Waals surface area contributed by atoms with Gasteiger partial charge in [0.1, 0.15) is 5.75 Å². The van der Waals surface area contributed by atoms with E-state index < -0.39 is 14.8 Å². The van der Waals surface area contributed by atoms with Crippen LogP contribution in [0, 0.1) is 5.92 Å². The molecule has 0 saturated heterocycles. The number of aromatic nitrogens is 1. The molecule has 2 aromatic rings. The minimum Gasteiger partial charge on any atom is -0.497 e. The quantitative estimate of drug-likeness (QED) is 0.751. The predicted octanol–water partition coefficient (Wildman–Crippen LogP) is 3.99. The van der Waals surface area contributed by atoms with E-state index in [-0.39, 0.29) is 0 Å². The standard InChI is InChI=1S/C19H29N3O3S2/c1-19(2,3)27(23,24)20-12-13-5-7-14(8-6-13)21-18-22-16-10-9-15(25-4)11-17(16)26-18/h9-11,13-14,20H,5-8,12H2,1-4H3,(H,21,22). The zero-order valence-corrected chi connectivity index (χ0v) is 18.0. The largest absolute Gasteiger partial charge is 0.497 e. The highest BCUT2D eigenvalue weighted by molar-refractivity contribution is 7.90. The van der Waals surface area contributed by atoms with Crippen molar-refractivity contribution >= 4 is 36.7 Å². The number of sulfonamides is 1. The first-order valence-corrected chi connectivity index (χ1v) is 11.7. The molecule has 27 heavy (non-hydrogen) atoms. The number of hydrogen-bond donors (Lipinski definition) is 2. The lowest BCUT2D eigenvalue weighted by Gasteiger charge is -2.30. The molecule has 8 heteroatoms. The van der Waals surface area contributed by atoms with E-state index >= 15 is 0 Å². The van der Waals surface area contributed by atoms with Crippen molar-refractivity contribution in [2.45, 2.75) is 57.2 Å². The van der Waals surface area contributed by atoms with Crippen molar-refractivity contribution in [3.63, 3.8) is 0 Å². The predicted molar refractivity (Wildman–Crippen MR) is 112 cm³/mol. The number of benzene rings is 1. The molecule has 0 aliphatic heterocycles. The summed E-state index contributed by atoms with van der Waals surface area (Å²) < 4.78 is 32.8. The Morgan fingerprint density at radius 3 is 2.56 bits per heavy atom. The molecular weight excluding hydrogens is 382 g/mol. The minimum absolute atomic E-state index is 0.392. The van der Waals surface area contributed by atoms with Crippen LogP contribution in [0.2, 0.25) is 0 Å². The van der Waals surface area contributed by atoms with Gasteiger partial charge in [-0.15, -0.1) is 0 Å². The van der Waals surface area contributed by atoms with Gasteiger partial charge in [0.25, 0.3) is 0 Å². The van der Waals surface area contributed by atoms with Crippen molar-refractivity contribution in [1.29, 1.82) is 0 Å². The Hall–Kier alpha value is -1.38. The van der Waals surface area contributed by atoms with Gasteiger partial charge < -0.3 is 10.1 Å². The summed E-state index contributed by atoms with van der Waals surface area (Å²) in [6.07, 6.45) is 4.09. The number of anilines is 1. The van der Waals surface area contributed by atoms with E-state index in [1.807, 2.05) is 18.2 Å². The molecule has 1 aliphatic rings. The summed E-state index contributed by atoms with van der Waals surface area (Å²) >= 11 is 1.64. The maximum atomic E-state index is 12.2. The molecule has 0 atom stereocenters. The lowest BCUT2D eigenvalue weighted by atomic mass is 9.86. The van der Waals surface area contributed by atoms with Crippen molar-refractivity contribution in [3.05, 3.63) is 18.2 Å². The lowest BCUT2D eigenvalue weighted by molar-refractivity contribution is 0.336. The molecule has 3 rings (SSSR count). The molecule has 1 aromatic carbocycles. The molecular formula is C19H29N3O3S2. The van der Waals surface area contributed by atoms with Gasteiger partial charge in [-0.2, -0.15) is 0 Å². The van der Waals surface area contributed by atoms with E-state index in [0.717, 1.165) is 46.8 Å². The number of ether oxygens (including phenoxy) is 1. The molecule has 150 valence electrons. The van der Waals surface area contributed by atoms with E-state index in [0.29, 0.717) is 18.5 Å². The van der Waals surface area contributed by atoms with Crippen LogP contribution < -0.4 is 14.8 Å². The average Bonchev–Trinajstić information content (AvgIpc) is 3.01. The van der Waals surface area contributed by atoms with Gasteiger partial charge in [-0.05, 0) is 70.6 Å². The number of fused-ring (bicyclic) bond motifs is 1. The molecule has 0 amide bonds. The lowest BCUT2D eigenvalue weighted by Crippen LogP contribution is -2.42. The van der Waals surface area contributed by atoms with E-state index in [2.05, 4.69) is 15.0 Å². The normalized spacial score (nSPS) is 21.3. The van der Waals surface area contributed by atoms with Crippen LogP contribution in [0.3, 0.4) is 0 Å². The fourth-order valence-electron chi connectivity index (χ4n) is 3.22. The Kier molecular flexibility index (Phi) is 5.98. The van der Waals surface area contributed by atoms with Gasteiger partial charge in [0.2, 0.25) is 10.0 Å². The molecule has 2 N–H and O–H groups in total. The first-order chi connectivity index (χ1) is 12.7. The minimum atomic E-state index is -3.26. The second-order valence-corrected chi connectivity index (χ2v) is 11.7. The third-order valence-electron chi connectivity index (χ3n) is 5.14. The van der Waals surface area contributed by atoms with E-state index in [9.17, 15) is 8.42 Å². The zero-order valence-electron chi connectivity index (χ0n) is 16.4. The van der Waals surface area contributed by atoms with Gasteiger partial charge in [-0.1, -0.05) is 11.3 Å². The summed E-state index contributed by atoms with van der Waals surface area (Å²) in [4.78, 5) is 4.66. The van der Waals surface area contributed by atoms with Crippen LogP contribution >= 0.6 is 11.3 Å². The number of rotatable bonds is 6. The second-order valence-electron chi connectivity index (χ2n) is 8.18. The average molecular weight is 412 g/mol. The number of nitrogens with one attached hydrogen (secondary N) is 2. The van der Waals surface area contributed by atoms with Crippen LogP contribution in [0.15, 0.2) is 18.2 Å². The molecule has 0 unspecified atom stereocenters. The van der Waals surface area contributed by atoms with Crippen molar-refractivity contribution in [2.24, 2.45) is 5.92 Å². The van der Waals surface area contributed by atoms with E-state index in [4.69, 9.17) is 4.74 Å². The van der Waals surface area contributed by atoms with Crippen molar-refractivity contribution < 1.29 is 13.2 Å². The second kappa shape index (κ2) is 7.93. The fraction of sp³-hybridized carbons (Fsp3) is 0.632. The molecule has 1 aliphatic carbocycles. The van der Waals surface area contributed by atoms with Crippen LogP contribution in [-0.4, -0.2) is 37.8 Å². The zero-order chi connectivity index (χ0) is 19.7. The molecule has 0 bridgehead atoms. The van der Waals surface area contributed by atoms with Crippen LogP contribution in [0.4, 0.5) is 5.13 Å². The van der Waals surface area contributed by atoms with Crippen molar-refractivity contribution in [1.82, 2.24) is 9.71 Å². The molecule has 1 heterocycles. The number of thiazole rings is 1. The van der Waals surface area contributed by atoms with Gasteiger partial charge in [0.15, 0.2) is 5.13 Å². The highest BCUT2D eigenvalue weighted by atomic mass is 32.2. The van der Waals surface area contributed by atoms with Crippen molar-refractivity contribution in [2.75, 3.05) is 19.0 Å². The number of hydrogen-bond acceptors (Lipinski definition) is 6. The van der Waals surface area contributed by atoms with Crippen molar-refractivity contribution in [3.8, 4) is 5.75 Å².